The number of nitrogens with one attached hydrogen (secondary N) is 1. The van der Waals surface area contributed by atoms with Crippen LogP contribution >= 0.6 is 11.6 Å². The smallest absolute Gasteiger partial charge is 0.252 e. The van der Waals surface area contributed by atoms with Crippen LogP contribution in [0.1, 0.15) is 17.3 Å². The molecule has 0 radical (unpaired) electrons. The molecule has 0 aromatic heterocycles. The first kappa shape index (κ1) is 12.2. The lowest BCUT2D eigenvalue weighted by Crippen LogP contribution is -2.48. The summed E-state index contributed by atoms with van der Waals surface area (Å²) in [5, 5.41) is 12.4. The Morgan fingerprint density at radius 2 is 2.29 bits per heavy atom. The number of carbonyl (C=O) groups excluding carboxylic acids is 1. The van der Waals surface area contributed by atoms with Gasteiger partial charge in [-0.05, 0) is 18.2 Å². The third kappa shape index (κ3) is 2.70. The lowest BCUT2D eigenvalue weighted by Gasteiger charge is -2.38. The zero-order valence-corrected chi connectivity index (χ0v) is 10.3. The van der Waals surface area contributed by atoms with E-state index in [1.807, 2.05) is 6.92 Å². The second-order valence-electron chi connectivity index (χ2n) is 4.65. The number of ether oxygens (including phenoxy) is 1. The fraction of sp³-hybridized carbons (Fsp3) is 0.417. The van der Waals surface area contributed by atoms with E-state index in [4.69, 9.17) is 16.3 Å². The van der Waals surface area contributed by atoms with Crippen LogP contribution in [-0.4, -0.2) is 30.8 Å². The SMILES string of the molecule is CC1(CNC(=O)c2cc(O)ccc2Cl)COC1. The normalized spacial score (nSPS) is 17.3. The van der Waals surface area contributed by atoms with Gasteiger partial charge in [-0.25, -0.2) is 0 Å². The van der Waals surface area contributed by atoms with Crippen molar-refractivity contribution >= 4 is 17.5 Å². The minimum Gasteiger partial charge on any atom is -0.508 e. The summed E-state index contributed by atoms with van der Waals surface area (Å²) in [6.07, 6.45) is 0. The van der Waals surface area contributed by atoms with Gasteiger partial charge in [-0.15, -0.1) is 0 Å². The molecule has 92 valence electrons. The predicted molar refractivity (Wildman–Crippen MR) is 64.4 cm³/mol. The molecular weight excluding hydrogens is 242 g/mol. The molecule has 1 aromatic carbocycles. The van der Waals surface area contributed by atoms with Crippen LogP contribution in [0.2, 0.25) is 5.02 Å². The van der Waals surface area contributed by atoms with E-state index in [1.54, 1.807) is 0 Å². The molecule has 1 aliphatic heterocycles. The van der Waals surface area contributed by atoms with Gasteiger partial charge in [0.05, 0.1) is 23.8 Å². The number of amides is 1. The summed E-state index contributed by atoms with van der Waals surface area (Å²) < 4.78 is 5.10. The summed E-state index contributed by atoms with van der Waals surface area (Å²) in [6, 6.07) is 4.30. The van der Waals surface area contributed by atoms with Crippen molar-refractivity contribution in [1.82, 2.24) is 5.32 Å². The van der Waals surface area contributed by atoms with E-state index >= 15 is 0 Å². The highest BCUT2D eigenvalue weighted by molar-refractivity contribution is 6.33. The number of halogens is 1. The third-order valence-corrected chi connectivity index (χ3v) is 3.10. The molecule has 0 spiro atoms. The van der Waals surface area contributed by atoms with Crippen molar-refractivity contribution in [2.24, 2.45) is 5.41 Å². The minimum atomic E-state index is -0.279. The molecule has 1 heterocycles. The number of hydrogen-bond donors (Lipinski definition) is 2. The highest BCUT2D eigenvalue weighted by Crippen LogP contribution is 2.26. The first-order valence-electron chi connectivity index (χ1n) is 5.35. The van der Waals surface area contributed by atoms with Crippen LogP contribution < -0.4 is 5.32 Å². The highest BCUT2D eigenvalue weighted by Gasteiger charge is 2.33. The average molecular weight is 256 g/mol. The molecule has 17 heavy (non-hydrogen) atoms. The van der Waals surface area contributed by atoms with Crippen LogP contribution in [0.4, 0.5) is 0 Å². The first-order valence-corrected chi connectivity index (χ1v) is 5.72. The van der Waals surface area contributed by atoms with E-state index in [2.05, 4.69) is 5.32 Å². The molecule has 5 heteroatoms. The molecule has 4 nitrogen and oxygen atoms in total. The Bertz CT molecular complexity index is 443. The number of phenols is 1. The predicted octanol–water partition coefficient (Wildman–Crippen LogP) is 1.81. The van der Waals surface area contributed by atoms with Gasteiger partial charge in [0, 0.05) is 12.0 Å². The third-order valence-electron chi connectivity index (χ3n) is 2.77. The zero-order chi connectivity index (χ0) is 12.5. The molecule has 2 N–H and O–H groups in total. The maximum absolute atomic E-state index is 11.9. The van der Waals surface area contributed by atoms with Gasteiger partial charge >= 0.3 is 0 Å². The van der Waals surface area contributed by atoms with E-state index < -0.39 is 0 Å². The van der Waals surface area contributed by atoms with Gasteiger partial charge < -0.3 is 15.2 Å². The molecule has 2 rings (SSSR count). The number of phenolic OH excluding ortho intramolecular Hbond substituents is 1. The summed E-state index contributed by atoms with van der Waals surface area (Å²) in [4.78, 5) is 11.9. The Labute approximate surface area is 105 Å². The van der Waals surface area contributed by atoms with Crippen molar-refractivity contribution in [1.29, 1.82) is 0 Å². The molecule has 0 aliphatic carbocycles. The van der Waals surface area contributed by atoms with Crippen molar-refractivity contribution in [3.8, 4) is 5.75 Å². The molecule has 1 aromatic rings. The molecule has 0 unspecified atom stereocenters. The summed E-state index contributed by atoms with van der Waals surface area (Å²) in [5.41, 5.74) is 0.300. The van der Waals surface area contributed by atoms with Crippen molar-refractivity contribution in [2.75, 3.05) is 19.8 Å². The van der Waals surface area contributed by atoms with E-state index in [0.29, 0.717) is 24.8 Å². The van der Waals surface area contributed by atoms with Crippen molar-refractivity contribution in [3.05, 3.63) is 28.8 Å². The highest BCUT2D eigenvalue weighted by atomic mass is 35.5. The second-order valence-corrected chi connectivity index (χ2v) is 5.06. The Hall–Kier alpha value is -1.26. The van der Waals surface area contributed by atoms with E-state index in [9.17, 15) is 9.90 Å². The fourth-order valence-corrected chi connectivity index (χ4v) is 1.83. The standard InChI is InChI=1S/C12H14ClNO3/c1-12(6-17-7-12)5-14-11(16)9-4-8(15)2-3-10(9)13/h2-4,15H,5-7H2,1H3,(H,14,16). The molecule has 1 saturated heterocycles. The maximum atomic E-state index is 11.9. The first-order chi connectivity index (χ1) is 8.00. The lowest BCUT2D eigenvalue weighted by atomic mass is 9.88. The molecule has 1 fully saturated rings. The molecule has 1 aliphatic rings. The fourth-order valence-electron chi connectivity index (χ4n) is 1.63. The van der Waals surface area contributed by atoms with Gasteiger partial charge in [-0.2, -0.15) is 0 Å². The Kier molecular flexibility index (Phi) is 3.26. The monoisotopic (exact) mass is 255 g/mol. The topological polar surface area (TPSA) is 58.6 Å². The van der Waals surface area contributed by atoms with Crippen molar-refractivity contribution in [3.63, 3.8) is 0 Å². The summed E-state index contributed by atoms with van der Waals surface area (Å²) in [7, 11) is 0. The minimum absolute atomic E-state index is 0.0129. The van der Waals surface area contributed by atoms with Gasteiger partial charge in [0.15, 0.2) is 0 Å². The van der Waals surface area contributed by atoms with E-state index in [-0.39, 0.29) is 22.6 Å². The molecule has 0 atom stereocenters. The Morgan fingerprint density at radius 1 is 1.59 bits per heavy atom. The molecule has 1 amide bonds. The van der Waals surface area contributed by atoms with Gasteiger partial charge in [-0.3, -0.25) is 4.79 Å². The maximum Gasteiger partial charge on any atom is 0.252 e. The largest absolute Gasteiger partial charge is 0.508 e. The van der Waals surface area contributed by atoms with Crippen LogP contribution in [0, 0.1) is 5.41 Å². The van der Waals surface area contributed by atoms with Crippen LogP contribution in [-0.2, 0) is 4.74 Å². The second kappa shape index (κ2) is 4.55. The van der Waals surface area contributed by atoms with Crippen molar-refractivity contribution in [2.45, 2.75) is 6.92 Å². The van der Waals surface area contributed by atoms with Gasteiger partial charge in [0.25, 0.3) is 5.91 Å². The van der Waals surface area contributed by atoms with Crippen LogP contribution in [0.3, 0.4) is 0 Å². The summed E-state index contributed by atoms with van der Waals surface area (Å²) in [5.74, 6) is -0.253. The Morgan fingerprint density at radius 3 is 2.88 bits per heavy atom. The molecule has 0 saturated carbocycles. The molecular formula is C12H14ClNO3. The van der Waals surface area contributed by atoms with Gasteiger partial charge in [-0.1, -0.05) is 18.5 Å². The zero-order valence-electron chi connectivity index (χ0n) is 9.50. The average Bonchev–Trinajstić information content (AvgIpc) is 2.26. The van der Waals surface area contributed by atoms with Crippen LogP contribution in [0.5, 0.6) is 5.75 Å². The summed E-state index contributed by atoms with van der Waals surface area (Å²) in [6.45, 7) is 3.89. The number of hydrogen-bond acceptors (Lipinski definition) is 3. The number of rotatable bonds is 3. The van der Waals surface area contributed by atoms with Crippen LogP contribution in [0.15, 0.2) is 18.2 Å². The van der Waals surface area contributed by atoms with E-state index in [1.165, 1.54) is 18.2 Å². The number of benzene rings is 1. The van der Waals surface area contributed by atoms with Crippen molar-refractivity contribution < 1.29 is 14.6 Å². The summed E-state index contributed by atoms with van der Waals surface area (Å²) >= 11 is 5.89. The van der Waals surface area contributed by atoms with E-state index in [0.717, 1.165) is 0 Å². The molecule has 0 bridgehead atoms. The van der Waals surface area contributed by atoms with Gasteiger partial charge in [0.2, 0.25) is 0 Å². The van der Waals surface area contributed by atoms with Gasteiger partial charge in [0.1, 0.15) is 5.75 Å². The quantitative estimate of drug-likeness (QED) is 0.866. The number of aromatic hydroxyl groups is 1. The van der Waals surface area contributed by atoms with Crippen LogP contribution in [0.25, 0.3) is 0 Å². The Balaban J connectivity index is 2.01. The lowest BCUT2D eigenvalue weighted by molar-refractivity contribution is -0.0978. The number of carbonyl (C=O) groups is 1.